The summed E-state index contributed by atoms with van der Waals surface area (Å²) < 4.78 is 0. The van der Waals surface area contributed by atoms with Crippen LogP contribution in [0.25, 0.3) is 32.0 Å². The highest BCUT2D eigenvalue weighted by Gasteiger charge is 2.37. The normalized spacial score (nSPS) is 17.0. The molecule has 0 spiro atoms. The number of amides is 3. The molecule has 9 nitrogen and oxygen atoms in total. The number of carbonyl (C=O) groups is 3. The average molecular weight is 837 g/mol. The van der Waals surface area contributed by atoms with Crippen LogP contribution in [-0.4, -0.2) is 75.1 Å². The lowest BCUT2D eigenvalue weighted by atomic mass is 10.0. The van der Waals surface area contributed by atoms with Gasteiger partial charge >= 0.3 is 0 Å². The molecule has 0 saturated carbocycles. The predicted molar refractivity (Wildman–Crippen MR) is 241 cm³/mol. The topological polar surface area (TPSA) is 98.7 Å². The molecule has 2 fully saturated rings. The smallest absolute Gasteiger partial charge is 0.250 e. The molecule has 0 radical (unpaired) electrons. The molecule has 11 heteroatoms. The summed E-state index contributed by atoms with van der Waals surface area (Å²) in [5, 5.41) is 5.00. The van der Waals surface area contributed by atoms with Gasteiger partial charge in [0, 0.05) is 38.4 Å². The molecule has 0 bridgehead atoms. The van der Waals surface area contributed by atoms with Crippen LogP contribution in [0.4, 0.5) is 0 Å². The highest BCUT2D eigenvalue weighted by molar-refractivity contribution is 7.15. The van der Waals surface area contributed by atoms with Crippen LogP contribution in [0.2, 0.25) is 0 Å². The van der Waals surface area contributed by atoms with E-state index in [1.54, 1.807) is 22.7 Å². The van der Waals surface area contributed by atoms with Gasteiger partial charge in [-0.3, -0.25) is 14.4 Å². The SMILES string of the molecule is CCN(CC)CCC(=O)N[C@@H](C(=O)N1CCC[C@H]1c1ncc(-c2ccc(-c3ccc(-c4cnc([C@@H]5CCCN5C(=O)Cc5ccccc5)s4)cc3)cc2)s1)c1ccccc1. The second-order valence-electron chi connectivity index (χ2n) is 15.6. The van der Waals surface area contributed by atoms with Crippen molar-refractivity contribution in [1.29, 1.82) is 0 Å². The summed E-state index contributed by atoms with van der Waals surface area (Å²) in [5.74, 6) is -0.0454. The Morgan fingerprint density at radius 2 is 1.18 bits per heavy atom. The minimum absolute atomic E-state index is 0.0332. The molecule has 2 saturated heterocycles. The van der Waals surface area contributed by atoms with Crippen molar-refractivity contribution in [3.05, 3.63) is 143 Å². The number of nitrogens with zero attached hydrogens (tertiary/aromatic N) is 5. The molecule has 0 aliphatic carbocycles. The first kappa shape index (κ1) is 41.3. The molecule has 2 aromatic heterocycles. The van der Waals surface area contributed by atoms with Gasteiger partial charge in [0.1, 0.15) is 16.1 Å². The molecular weight excluding hydrogens is 785 g/mol. The quantitative estimate of drug-likeness (QED) is 0.111. The Labute approximate surface area is 361 Å². The molecule has 4 heterocycles. The second kappa shape index (κ2) is 19.3. The second-order valence-corrected chi connectivity index (χ2v) is 17.7. The zero-order valence-corrected chi connectivity index (χ0v) is 36.0. The number of likely N-dealkylation sites (tertiary alicyclic amines) is 2. The third kappa shape index (κ3) is 9.44. The third-order valence-corrected chi connectivity index (χ3v) is 14.1. The lowest BCUT2D eigenvalue weighted by Gasteiger charge is -2.29. The number of aromatic nitrogens is 2. The molecule has 60 heavy (non-hydrogen) atoms. The summed E-state index contributed by atoms with van der Waals surface area (Å²) in [4.78, 5) is 58.6. The lowest BCUT2D eigenvalue weighted by molar-refractivity contribution is -0.137. The van der Waals surface area contributed by atoms with Crippen molar-refractivity contribution in [3.63, 3.8) is 0 Å². The van der Waals surface area contributed by atoms with E-state index in [9.17, 15) is 14.4 Å². The molecule has 3 amide bonds. The fraction of sp³-hybridized carbons (Fsp3) is 0.327. The van der Waals surface area contributed by atoms with E-state index < -0.39 is 6.04 Å². The van der Waals surface area contributed by atoms with Crippen molar-refractivity contribution in [2.24, 2.45) is 0 Å². The van der Waals surface area contributed by atoms with Gasteiger partial charge in [0.15, 0.2) is 0 Å². The monoisotopic (exact) mass is 836 g/mol. The van der Waals surface area contributed by atoms with Crippen LogP contribution < -0.4 is 5.32 Å². The average Bonchev–Trinajstić information content (AvgIpc) is 4.14. The first-order valence-corrected chi connectivity index (χ1v) is 22.8. The number of rotatable bonds is 15. The van der Waals surface area contributed by atoms with Crippen molar-refractivity contribution in [2.45, 2.75) is 70.5 Å². The number of nitrogens with one attached hydrogen (secondary N) is 1. The van der Waals surface area contributed by atoms with Gasteiger partial charge in [-0.15, -0.1) is 22.7 Å². The van der Waals surface area contributed by atoms with E-state index in [0.29, 0.717) is 25.9 Å². The first-order chi connectivity index (χ1) is 29.4. The fourth-order valence-electron chi connectivity index (χ4n) is 8.42. The zero-order valence-electron chi connectivity index (χ0n) is 34.3. The maximum absolute atomic E-state index is 14.3. The van der Waals surface area contributed by atoms with E-state index in [1.807, 2.05) is 82.9 Å². The van der Waals surface area contributed by atoms with Gasteiger partial charge in [-0.05, 0) is 72.2 Å². The number of benzene rings is 4. The van der Waals surface area contributed by atoms with Crippen molar-refractivity contribution in [3.8, 4) is 32.0 Å². The summed E-state index contributed by atoms with van der Waals surface area (Å²) in [6.45, 7) is 8.01. The molecule has 2 aliphatic heterocycles. The Hall–Kier alpha value is -5.49. The van der Waals surface area contributed by atoms with E-state index in [-0.39, 0.29) is 29.8 Å². The highest BCUT2D eigenvalue weighted by atomic mass is 32.1. The van der Waals surface area contributed by atoms with Crippen LogP contribution in [0.1, 0.15) is 85.2 Å². The van der Waals surface area contributed by atoms with Crippen LogP contribution in [0.15, 0.2) is 122 Å². The van der Waals surface area contributed by atoms with E-state index in [4.69, 9.17) is 9.97 Å². The minimum atomic E-state index is -0.748. The van der Waals surface area contributed by atoms with Gasteiger partial charge < -0.3 is 20.0 Å². The number of thiazole rings is 2. The fourth-order valence-corrected chi connectivity index (χ4v) is 10.6. The van der Waals surface area contributed by atoms with Crippen molar-refractivity contribution >= 4 is 40.4 Å². The zero-order chi connectivity index (χ0) is 41.4. The van der Waals surface area contributed by atoms with Crippen LogP contribution in [0.5, 0.6) is 0 Å². The standard InChI is InChI=1S/C49H52N6O3S2/c1-3-53(4-2)30-27-44(56)52-46(39-15-9-6-10-16-39)49(58)55-29-12-18-41(55)48-51-33-43(60-48)38-25-21-36(22-26-38)35-19-23-37(24-20-35)42-32-50-47(59-42)40-17-11-28-54(40)45(57)31-34-13-7-5-8-14-34/h5-10,13-16,19-26,32-33,40-41,46H,3-4,11-12,17-18,27-31H2,1-2H3,(H,52,56)/t40-,41-,46+/m0/s1. The number of carbonyl (C=O) groups excluding carboxylic acids is 3. The summed E-state index contributed by atoms with van der Waals surface area (Å²) in [7, 11) is 0. The Morgan fingerprint density at radius 1 is 0.683 bits per heavy atom. The minimum Gasteiger partial charge on any atom is -0.340 e. The highest BCUT2D eigenvalue weighted by Crippen LogP contribution is 2.40. The van der Waals surface area contributed by atoms with Crippen molar-refractivity contribution < 1.29 is 14.4 Å². The van der Waals surface area contributed by atoms with Gasteiger partial charge in [-0.25, -0.2) is 9.97 Å². The Morgan fingerprint density at radius 3 is 1.73 bits per heavy atom. The molecule has 6 aromatic rings. The van der Waals surface area contributed by atoms with E-state index in [1.165, 1.54) is 0 Å². The number of hydrogen-bond donors (Lipinski definition) is 1. The Kier molecular flexibility index (Phi) is 13.2. The summed E-state index contributed by atoms with van der Waals surface area (Å²) >= 11 is 3.31. The van der Waals surface area contributed by atoms with Crippen LogP contribution in [0.3, 0.4) is 0 Å². The predicted octanol–water partition coefficient (Wildman–Crippen LogP) is 9.76. The van der Waals surface area contributed by atoms with Crippen molar-refractivity contribution in [1.82, 2.24) is 30.0 Å². The van der Waals surface area contributed by atoms with E-state index in [2.05, 4.69) is 72.6 Å². The van der Waals surface area contributed by atoms with E-state index >= 15 is 0 Å². The summed E-state index contributed by atoms with van der Waals surface area (Å²) in [6, 6.07) is 35.9. The maximum atomic E-state index is 14.3. The van der Waals surface area contributed by atoms with Gasteiger partial charge in [0.2, 0.25) is 17.7 Å². The molecule has 308 valence electrons. The van der Waals surface area contributed by atoms with Gasteiger partial charge in [0.25, 0.3) is 0 Å². The molecule has 4 aromatic carbocycles. The largest absolute Gasteiger partial charge is 0.340 e. The van der Waals surface area contributed by atoms with Gasteiger partial charge in [0.05, 0.1) is 28.3 Å². The Bertz CT molecular complexity index is 2360. The van der Waals surface area contributed by atoms with Crippen LogP contribution in [-0.2, 0) is 20.8 Å². The molecule has 2 aliphatic rings. The third-order valence-electron chi connectivity index (χ3n) is 11.8. The first-order valence-electron chi connectivity index (χ1n) is 21.2. The molecule has 1 N–H and O–H groups in total. The number of hydrogen-bond acceptors (Lipinski definition) is 8. The molecular formula is C49H52N6O3S2. The molecule has 3 atom stereocenters. The summed E-state index contributed by atoms with van der Waals surface area (Å²) in [5.41, 5.74) is 6.28. The van der Waals surface area contributed by atoms with E-state index in [0.717, 1.165) is 98.5 Å². The van der Waals surface area contributed by atoms with Crippen molar-refractivity contribution in [2.75, 3.05) is 32.7 Å². The lowest BCUT2D eigenvalue weighted by Crippen LogP contribution is -2.43. The van der Waals surface area contributed by atoms with Gasteiger partial charge in [-0.2, -0.15) is 0 Å². The Balaban J connectivity index is 0.908. The molecule has 8 rings (SSSR count). The van der Waals surface area contributed by atoms with Crippen LogP contribution >= 0.6 is 22.7 Å². The van der Waals surface area contributed by atoms with Crippen LogP contribution in [0, 0.1) is 0 Å². The maximum Gasteiger partial charge on any atom is 0.250 e. The van der Waals surface area contributed by atoms with Gasteiger partial charge in [-0.1, -0.05) is 123 Å². The summed E-state index contributed by atoms with van der Waals surface area (Å²) in [6.07, 6.45) is 8.28. The molecule has 0 unspecified atom stereocenters.